The number of fused-ring (bicyclic) bond motifs is 3. The van der Waals surface area contributed by atoms with E-state index in [2.05, 4.69) is 41.6 Å². The quantitative estimate of drug-likeness (QED) is 0.392. The summed E-state index contributed by atoms with van der Waals surface area (Å²) in [5.41, 5.74) is 7.92. The molecule has 0 atom stereocenters. The van der Waals surface area contributed by atoms with E-state index in [-0.39, 0.29) is 0 Å². The summed E-state index contributed by atoms with van der Waals surface area (Å²) in [5, 5.41) is 3.98. The van der Waals surface area contributed by atoms with Gasteiger partial charge in [0.2, 0.25) is 0 Å². The van der Waals surface area contributed by atoms with Crippen molar-refractivity contribution in [2.75, 3.05) is 7.11 Å². The third kappa shape index (κ3) is 2.70. The second kappa shape index (κ2) is 6.50. The van der Waals surface area contributed by atoms with Crippen LogP contribution in [0.1, 0.15) is 22.3 Å². The Labute approximate surface area is 162 Å². The Morgan fingerprint density at radius 1 is 0.964 bits per heavy atom. The topological polar surface area (TPSA) is 47.9 Å². The molecule has 28 heavy (non-hydrogen) atoms. The van der Waals surface area contributed by atoms with Gasteiger partial charge in [0, 0.05) is 5.56 Å². The number of oxime groups is 1. The minimum absolute atomic E-state index is 0.436. The molecule has 0 fully saturated rings. The van der Waals surface area contributed by atoms with E-state index >= 15 is 0 Å². The second-order valence-corrected chi connectivity index (χ2v) is 6.86. The predicted molar refractivity (Wildman–Crippen MR) is 108 cm³/mol. The van der Waals surface area contributed by atoms with Gasteiger partial charge in [-0.1, -0.05) is 47.6 Å². The summed E-state index contributed by atoms with van der Waals surface area (Å²) in [6.45, 7) is 0. The van der Waals surface area contributed by atoms with Gasteiger partial charge in [0.15, 0.2) is 0 Å². The number of hydrogen-bond donors (Lipinski definition) is 0. The molecule has 0 radical (unpaired) electrons. The molecule has 4 heteroatoms. The zero-order chi connectivity index (χ0) is 19.1. The standard InChI is InChI=1S/C24H17NO3/c1-27-19-9-7-16(8-10-19)23-22(24(26)28-25-23)13-15-6-11-21-18(12-15)14-17-4-2-3-5-20(17)21/h2-13H,14H2,1H3/b22-13-. The number of hydrogen-bond acceptors (Lipinski definition) is 4. The largest absolute Gasteiger partial charge is 0.497 e. The van der Waals surface area contributed by atoms with Crippen LogP contribution in [0.5, 0.6) is 5.75 Å². The zero-order valence-electron chi connectivity index (χ0n) is 15.3. The molecule has 1 aliphatic heterocycles. The van der Waals surface area contributed by atoms with Crippen LogP contribution < -0.4 is 4.74 Å². The maximum Gasteiger partial charge on any atom is 0.368 e. The summed E-state index contributed by atoms with van der Waals surface area (Å²) in [7, 11) is 1.62. The van der Waals surface area contributed by atoms with E-state index in [4.69, 9.17) is 9.57 Å². The first-order chi connectivity index (χ1) is 13.7. The Morgan fingerprint density at radius 2 is 1.75 bits per heavy atom. The molecular formula is C24H17NO3. The van der Waals surface area contributed by atoms with E-state index in [9.17, 15) is 4.79 Å². The molecular weight excluding hydrogens is 350 g/mol. The first-order valence-corrected chi connectivity index (χ1v) is 9.10. The van der Waals surface area contributed by atoms with Crippen LogP contribution in [-0.2, 0) is 16.1 Å². The molecule has 0 amide bonds. The lowest BCUT2D eigenvalue weighted by Crippen LogP contribution is -2.06. The lowest BCUT2D eigenvalue weighted by atomic mass is 9.98. The van der Waals surface area contributed by atoms with E-state index in [1.54, 1.807) is 7.11 Å². The highest BCUT2D eigenvalue weighted by molar-refractivity contribution is 6.31. The molecule has 0 saturated heterocycles. The molecule has 0 spiro atoms. The number of ether oxygens (including phenoxy) is 1. The summed E-state index contributed by atoms with van der Waals surface area (Å²) >= 11 is 0. The fourth-order valence-corrected chi connectivity index (χ4v) is 3.79. The lowest BCUT2D eigenvalue weighted by molar-refractivity contribution is -0.136. The average molecular weight is 367 g/mol. The molecule has 1 aliphatic carbocycles. The van der Waals surface area contributed by atoms with Crippen molar-refractivity contribution in [1.82, 2.24) is 0 Å². The highest BCUT2D eigenvalue weighted by atomic mass is 16.7. The highest BCUT2D eigenvalue weighted by Crippen LogP contribution is 2.37. The van der Waals surface area contributed by atoms with Gasteiger partial charge in [0.05, 0.1) is 12.7 Å². The van der Waals surface area contributed by atoms with E-state index in [1.807, 2.05) is 36.4 Å². The number of carbonyl (C=O) groups excluding carboxylic acids is 1. The Hall–Kier alpha value is -3.66. The van der Waals surface area contributed by atoms with Crippen molar-refractivity contribution >= 4 is 17.8 Å². The SMILES string of the molecule is COc1ccc(C2=NOC(=O)/C2=C\c2ccc3c(c2)Cc2ccccc2-3)cc1. The van der Waals surface area contributed by atoms with Gasteiger partial charge in [0.1, 0.15) is 11.5 Å². The van der Waals surface area contributed by atoms with E-state index in [1.165, 1.54) is 22.3 Å². The summed E-state index contributed by atoms with van der Waals surface area (Å²) in [6.07, 6.45) is 2.76. The molecule has 2 aliphatic rings. The van der Waals surface area contributed by atoms with Gasteiger partial charge >= 0.3 is 5.97 Å². The third-order valence-corrected chi connectivity index (χ3v) is 5.19. The number of methoxy groups -OCH3 is 1. The highest BCUT2D eigenvalue weighted by Gasteiger charge is 2.27. The van der Waals surface area contributed by atoms with Crippen molar-refractivity contribution in [3.63, 3.8) is 0 Å². The van der Waals surface area contributed by atoms with Crippen molar-refractivity contribution in [3.05, 3.63) is 94.6 Å². The minimum atomic E-state index is -0.436. The summed E-state index contributed by atoms with van der Waals surface area (Å²) < 4.78 is 5.19. The van der Waals surface area contributed by atoms with Crippen LogP contribution in [0.3, 0.4) is 0 Å². The van der Waals surface area contributed by atoms with Gasteiger partial charge in [-0.2, -0.15) is 0 Å². The van der Waals surface area contributed by atoms with Crippen molar-refractivity contribution < 1.29 is 14.4 Å². The molecule has 1 heterocycles. The molecule has 0 saturated carbocycles. The van der Waals surface area contributed by atoms with Crippen molar-refractivity contribution in [2.45, 2.75) is 6.42 Å². The van der Waals surface area contributed by atoms with E-state index in [0.717, 1.165) is 23.3 Å². The fraction of sp³-hybridized carbons (Fsp3) is 0.0833. The Morgan fingerprint density at radius 3 is 2.57 bits per heavy atom. The first-order valence-electron chi connectivity index (χ1n) is 9.10. The van der Waals surface area contributed by atoms with Crippen molar-refractivity contribution in [1.29, 1.82) is 0 Å². The average Bonchev–Trinajstić information content (AvgIpc) is 3.28. The van der Waals surface area contributed by atoms with Crippen LogP contribution in [0, 0.1) is 0 Å². The molecule has 5 rings (SSSR count). The van der Waals surface area contributed by atoms with Crippen LogP contribution in [-0.4, -0.2) is 18.8 Å². The molecule has 136 valence electrons. The monoisotopic (exact) mass is 367 g/mol. The second-order valence-electron chi connectivity index (χ2n) is 6.86. The molecule has 3 aromatic rings. The van der Waals surface area contributed by atoms with Gasteiger partial charge in [0.25, 0.3) is 0 Å². The fourth-order valence-electron chi connectivity index (χ4n) is 3.79. The molecule has 0 unspecified atom stereocenters. The van der Waals surface area contributed by atoms with Gasteiger partial charge in [-0.15, -0.1) is 0 Å². The summed E-state index contributed by atoms with van der Waals surface area (Å²) in [5.74, 6) is 0.313. The van der Waals surface area contributed by atoms with Crippen LogP contribution >= 0.6 is 0 Å². The van der Waals surface area contributed by atoms with Crippen molar-refractivity contribution in [3.8, 4) is 16.9 Å². The van der Waals surface area contributed by atoms with Gasteiger partial charge < -0.3 is 9.57 Å². The Balaban J connectivity index is 1.50. The molecule has 0 aromatic heterocycles. The number of rotatable bonds is 3. The van der Waals surface area contributed by atoms with E-state index < -0.39 is 5.97 Å². The first kappa shape index (κ1) is 16.5. The molecule has 4 nitrogen and oxygen atoms in total. The van der Waals surface area contributed by atoms with Crippen molar-refractivity contribution in [2.24, 2.45) is 5.16 Å². The lowest BCUT2D eigenvalue weighted by Gasteiger charge is -2.05. The third-order valence-electron chi connectivity index (χ3n) is 5.19. The van der Waals surface area contributed by atoms with Gasteiger partial charge in [-0.25, -0.2) is 4.79 Å². The molecule has 0 N–H and O–H groups in total. The summed E-state index contributed by atoms with van der Waals surface area (Å²) in [6, 6.07) is 22.2. The maximum absolute atomic E-state index is 12.3. The Kier molecular flexibility index (Phi) is 3.83. The van der Waals surface area contributed by atoms with Crippen LogP contribution in [0.25, 0.3) is 17.2 Å². The number of nitrogens with zero attached hydrogens (tertiary/aromatic N) is 1. The number of benzene rings is 3. The summed E-state index contributed by atoms with van der Waals surface area (Å²) in [4.78, 5) is 17.2. The van der Waals surface area contributed by atoms with E-state index in [0.29, 0.717) is 11.3 Å². The van der Waals surface area contributed by atoms with Crippen LogP contribution in [0.4, 0.5) is 0 Å². The van der Waals surface area contributed by atoms with Crippen LogP contribution in [0.15, 0.2) is 77.5 Å². The number of carbonyl (C=O) groups is 1. The van der Waals surface area contributed by atoms with Crippen LogP contribution in [0.2, 0.25) is 0 Å². The normalized spacial score (nSPS) is 15.8. The predicted octanol–water partition coefficient (Wildman–Crippen LogP) is 4.61. The maximum atomic E-state index is 12.3. The zero-order valence-corrected chi connectivity index (χ0v) is 15.3. The smallest absolute Gasteiger partial charge is 0.368 e. The molecule has 3 aromatic carbocycles. The Bertz CT molecular complexity index is 1160. The van der Waals surface area contributed by atoms with Gasteiger partial charge in [-0.05, 0) is 64.6 Å². The molecule has 0 bridgehead atoms. The van der Waals surface area contributed by atoms with Gasteiger partial charge in [-0.3, -0.25) is 0 Å². The minimum Gasteiger partial charge on any atom is -0.497 e.